The zero-order valence-electron chi connectivity index (χ0n) is 11.0. The van der Waals surface area contributed by atoms with E-state index in [4.69, 9.17) is 5.73 Å². The number of nitrogens with two attached hydrogens (primary N) is 1. The molecule has 1 heterocycles. The quantitative estimate of drug-likeness (QED) is 0.838. The molecule has 1 aromatic rings. The first-order chi connectivity index (χ1) is 9.08. The summed E-state index contributed by atoms with van der Waals surface area (Å²) in [5, 5.41) is 2.82. The van der Waals surface area contributed by atoms with Crippen molar-refractivity contribution in [3.8, 4) is 0 Å². The third kappa shape index (κ3) is 3.62. The third-order valence-corrected chi connectivity index (χ3v) is 4.46. The number of thioether (sulfide) groups is 1. The first-order valence-corrected chi connectivity index (χ1v) is 7.65. The van der Waals surface area contributed by atoms with Crippen LogP contribution < -0.4 is 11.1 Å². The van der Waals surface area contributed by atoms with Crippen molar-refractivity contribution < 1.29 is 9.18 Å². The predicted molar refractivity (Wildman–Crippen MR) is 77.9 cm³/mol. The molecule has 0 spiro atoms. The number of halogens is 1. The monoisotopic (exact) mass is 282 g/mol. The number of anilines is 1. The summed E-state index contributed by atoms with van der Waals surface area (Å²) in [5.74, 6) is 1.95. The van der Waals surface area contributed by atoms with Crippen molar-refractivity contribution in [3.63, 3.8) is 0 Å². The molecule has 1 aliphatic heterocycles. The van der Waals surface area contributed by atoms with Crippen LogP contribution in [0.1, 0.15) is 28.8 Å². The van der Waals surface area contributed by atoms with Gasteiger partial charge < -0.3 is 11.1 Å². The molecule has 1 aromatic carbocycles. The molecular weight excluding hydrogens is 263 g/mol. The molecule has 3 nitrogen and oxygen atoms in total. The number of carbonyl (C=O) groups is 1. The van der Waals surface area contributed by atoms with Gasteiger partial charge in [-0.15, -0.1) is 0 Å². The van der Waals surface area contributed by atoms with Crippen molar-refractivity contribution in [3.05, 3.63) is 29.1 Å². The minimum Gasteiger partial charge on any atom is -0.399 e. The molecule has 3 N–H and O–H groups in total. The highest BCUT2D eigenvalue weighted by Gasteiger charge is 2.18. The van der Waals surface area contributed by atoms with Crippen LogP contribution in [0.3, 0.4) is 0 Å². The Hall–Kier alpha value is -1.23. The molecule has 0 atom stereocenters. The number of amides is 1. The molecule has 19 heavy (non-hydrogen) atoms. The van der Waals surface area contributed by atoms with E-state index in [0.717, 1.165) is 24.3 Å². The summed E-state index contributed by atoms with van der Waals surface area (Å²) in [7, 11) is 0. The van der Waals surface area contributed by atoms with Crippen molar-refractivity contribution in [2.24, 2.45) is 5.92 Å². The maximum Gasteiger partial charge on any atom is 0.254 e. The summed E-state index contributed by atoms with van der Waals surface area (Å²) < 4.78 is 13.9. The molecule has 0 aliphatic carbocycles. The van der Waals surface area contributed by atoms with Gasteiger partial charge in [0.15, 0.2) is 0 Å². The Morgan fingerprint density at radius 2 is 2.16 bits per heavy atom. The highest BCUT2D eigenvalue weighted by molar-refractivity contribution is 7.99. The van der Waals surface area contributed by atoms with Gasteiger partial charge in [-0.05, 0) is 54.9 Å². The van der Waals surface area contributed by atoms with E-state index < -0.39 is 5.82 Å². The lowest BCUT2D eigenvalue weighted by atomic mass is 10.0. The smallest absolute Gasteiger partial charge is 0.254 e. The SMILES string of the molecule is Cc1cc(N)cc(C(=O)NCC2CCSCC2)c1F. The van der Waals surface area contributed by atoms with Crippen LogP contribution >= 0.6 is 11.8 Å². The van der Waals surface area contributed by atoms with Crippen molar-refractivity contribution in [2.75, 3.05) is 23.8 Å². The molecule has 2 rings (SSSR count). The molecule has 104 valence electrons. The number of hydrogen-bond acceptors (Lipinski definition) is 3. The molecular formula is C14H19FN2OS. The third-order valence-electron chi connectivity index (χ3n) is 3.41. The Labute approximate surface area is 117 Å². The number of aryl methyl sites for hydroxylation is 1. The van der Waals surface area contributed by atoms with Gasteiger partial charge in [0.1, 0.15) is 5.82 Å². The summed E-state index contributed by atoms with van der Waals surface area (Å²) in [6, 6.07) is 2.93. The molecule has 0 radical (unpaired) electrons. The van der Waals surface area contributed by atoms with E-state index in [0.29, 0.717) is 23.7 Å². The first-order valence-electron chi connectivity index (χ1n) is 6.49. The van der Waals surface area contributed by atoms with Crippen LogP contribution in [0.2, 0.25) is 0 Å². The molecule has 1 saturated heterocycles. The highest BCUT2D eigenvalue weighted by Crippen LogP contribution is 2.22. The normalized spacial score (nSPS) is 16.3. The van der Waals surface area contributed by atoms with Crippen LogP contribution in [0.25, 0.3) is 0 Å². The zero-order valence-corrected chi connectivity index (χ0v) is 11.9. The van der Waals surface area contributed by atoms with Gasteiger partial charge in [0.2, 0.25) is 0 Å². The van der Waals surface area contributed by atoms with Crippen LogP contribution in [0.4, 0.5) is 10.1 Å². The maximum absolute atomic E-state index is 13.9. The van der Waals surface area contributed by atoms with E-state index in [1.807, 2.05) is 11.8 Å². The first kappa shape index (κ1) is 14.2. The molecule has 0 bridgehead atoms. The van der Waals surface area contributed by atoms with Crippen LogP contribution in [-0.2, 0) is 0 Å². The fourth-order valence-corrected chi connectivity index (χ4v) is 3.45. The zero-order chi connectivity index (χ0) is 13.8. The summed E-state index contributed by atoms with van der Waals surface area (Å²) in [6.07, 6.45) is 2.23. The maximum atomic E-state index is 13.9. The lowest BCUT2D eigenvalue weighted by Gasteiger charge is -2.21. The summed E-state index contributed by atoms with van der Waals surface area (Å²) in [4.78, 5) is 12.0. The number of nitrogens with one attached hydrogen (secondary N) is 1. The van der Waals surface area contributed by atoms with Gasteiger partial charge in [0.25, 0.3) is 5.91 Å². The molecule has 1 fully saturated rings. The van der Waals surface area contributed by atoms with Crippen LogP contribution in [0, 0.1) is 18.7 Å². The van der Waals surface area contributed by atoms with Gasteiger partial charge in [-0.3, -0.25) is 4.79 Å². The fourth-order valence-electron chi connectivity index (χ4n) is 2.25. The molecule has 0 unspecified atom stereocenters. The van der Waals surface area contributed by atoms with Gasteiger partial charge in [0, 0.05) is 12.2 Å². The molecule has 0 saturated carbocycles. The Kier molecular flexibility index (Phi) is 4.69. The molecule has 0 aromatic heterocycles. The van der Waals surface area contributed by atoms with Crippen LogP contribution in [-0.4, -0.2) is 24.0 Å². The van der Waals surface area contributed by atoms with Gasteiger partial charge in [0.05, 0.1) is 5.56 Å². The summed E-state index contributed by atoms with van der Waals surface area (Å²) in [5.41, 5.74) is 6.52. The second-order valence-electron chi connectivity index (χ2n) is 4.97. The van der Waals surface area contributed by atoms with E-state index in [2.05, 4.69) is 5.32 Å². The minimum atomic E-state index is -0.481. The van der Waals surface area contributed by atoms with Gasteiger partial charge in [-0.1, -0.05) is 0 Å². The topological polar surface area (TPSA) is 55.1 Å². The van der Waals surface area contributed by atoms with Gasteiger partial charge >= 0.3 is 0 Å². The fraction of sp³-hybridized carbons (Fsp3) is 0.500. The number of nitrogen functional groups attached to an aromatic ring is 1. The van der Waals surface area contributed by atoms with E-state index in [1.54, 1.807) is 6.92 Å². The van der Waals surface area contributed by atoms with Crippen LogP contribution in [0.5, 0.6) is 0 Å². The van der Waals surface area contributed by atoms with Crippen molar-refractivity contribution in [1.29, 1.82) is 0 Å². The Morgan fingerprint density at radius 3 is 2.84 bits per heavy atom. The van der Waals surface area contributed by atoms with E-state index in [9.17, 15) is 9.18 Å². The van der Waals surface area contributed by atoms with Gasteiger partial charge in [-0.2, -0.15) is 11.8 Å². The Bertz CT molecular complexity index is 473. The largest absolute Gasteiger partial charge is 0.399 e. The molecule has 1 amide bonds. The summed E-state index contributed by atoms with van der Waals surface area (Å²) in [6.45, 7) is 2.23. The number of rotatable bonds is 3. The average Bonchev–Trinajstić information content (AvgIpc) is 2.41. The van der Waals surface area contributed by atoms with E-state index >= 15 is 0 Å². The summed E-state index contributed by atoms with van der Waals surface area (Å²) >= 11 is 1.95. The van der Waals surface area contributed by atoms with Crippen molar-refractivity contribution in [2.45, 2.75) is 19.8 Å². The number of hydrogen-bond donors (Lipinski definition) is 2. The van der Waals surface area contributed by atoms with E-state index in [-0.39, 0.29) is 11.5 Å². The number of benzene rings is 1. The standard InChI is InChI=1S/C14H19FN2OS/c1-9-6-11(16)7-12(13(9)15)14(18)17-8-10-2-4-19-5-3-10/h6-7,10H,2-5,8,16H2,1H3,(H,17,18). The Morgan fingerprint density at radius 1 is 1.47 bits per heavy atom. The second-order valence-corrected chi connectivity index (χ2v) is 6.19. The van der Waals surface area contributed by atoms with Gasteiger partial charge in [-0.25, -0.2) is 4.39 Å². The number of carbonyl (C=O) groups excluding carboxylic acids is 1. The van der Waals surface area contributed by atoms with Crippen LogP contribution in [0.15, 0.2) is 12.1 Å². The lowest BCUT2D eigenvalue weighted by molar-refractivity contribution is 0.0942. The Balaban J connectivity index is 1.99. The molecule has 1 aliphatic rings. The van der Waals surface area contributed by atoms with Crippen molar-refractivity contribution >= 4 is 23.4 Å². The second kappa shape index (κ2) is 6.28. The highest BCUT2D eigenvalue weighted by atomic mass is 32.2. The lowest BCUT2D eigenvalue weighted by Crippen LogP contribution is -2.31. The minimum absolute atomic E-state index is 0.0442. The molecule has 5 heteroatoms. The predicted octanol–water partition coefficient (Wildman–Crippen LogP) is 2.59. The van der Waals surface area contributed by atoms with E-state index in [1.165, 1.54) is 12.1 Å². The van der Waals surface area contributed by atoms with Crippen molar-refractivity contribution in [1.82, 2.24) is 5.32 Å². The average molecular weight is 282 g/mol.